The Morgan fingerprint density at radius 1 is 1.44 bits per heavy atom. The quantitative estimate of drug-likeness (QED) is 0.631. The largest absolute Gasteiger partial charge is 0.492 e. The summed E-state index contributed by atoms with van der Waals surface area (Å²) >= 11 is 6.01. The fourth-order valence-electron chi connectivity index (χ4n) is 3.19. The molecule has 3 rings (SSSR count). The number of hydrogen-bond donors (Lipinski definition) is 3. The van der Waals surface area contributed by atoms with E-state index in [2.05, 4.69) is 21.6 Å². The Balaban J connectivity index is 1.36. The summed E-state index contributed by atoms with van der Waals surface area (Å²) in [5.41, 5.74) is 7.79. The lowest BCUT2D eigenvalue weighted by molar-refractivity contribution is -0.126. The first-order valence-corrected chi connectivity index (χ1v) is 9.38. The number of benzene rings is 1. The van der Waals surface area contributed by atoms with E-state index < -0.39 is 0 Å². The second kappa shape index (κ2) is 8.78. The van der Waals surface area contributed by atoms with Gasteiger partial charge in [0.25, 0.3) is 0 Å². The molecule has 0 fully saturated rings. The van der Waals surface area contributed by atoms with E-state index in [1.807, 2.05) is 12.1 Å². The van der Waals surface area contributed by atoms with Crippen LogP contribution in [0.4, 0.5) is 5.82 Å². The highest BCUT2D eigenvalue weighted by Crippen LogP contribution is 2.29. The number of aryl methyl sites for hydroxylation is 1. The Labute approximate surface area is 162 Å². The van der Waals surface area contributed by atoms with Gasteiger partial charge in [-0.05, 0) is 49.4 Å². The number of nitrogen functional groups attached to an aromatic ring is 1. The Hall–Kier alpha value is -2.72. The number of nitrogens with one attached hydrogen (secondary N) is 2. The van der Waals surface area contributed by atoms with Gasteiger partial charge in [-0.1, -0.05) is 18.0 Å². The minimum absolute atomic E-state index is 0.00809. The van der Waals surface area contributed by atoms with Crippen molar-refractivity contribution in [3.63, 3.8) is 0 Å². The van der Waals surface area contributed by atoms with Crippen molar-refractivity contribution in [1.82, 2.24) is 15.5 Å². The summed E-state index contributed by atoms with van der Waals surface area (Å²) in [6, 6.07) is 7.55. The monoisotopic (exact) mass is 387 g/mol. The maximum atomic E-state index is 12.3. The van der Waals surface area contributed by atoms with Gasteiger partial charge in [0.05, 0.1) is 11.6 Å². The first-order chi connectivity index (χ1) is 13.1. The number of unbranched alkanes of at least 4 members (excludes halogenated alkanes) is 2. The lowest BCUT2D eigenvalue weighted by Gasteiger charge is -2.24. The van der Waals surface area contributed by atoms with Gasteiger partial charge in [-0.3, -0.25) is 9.89 Å². The molecule has 0 spiro atoms. The Morgan fingerprint density at radius 3 is 3.11 bits per heavy atom. The van der Waals surface area contributed by atoms with E-state index in [1.54, 1.807) is 6.07 Å². The van der Waals surface area contributed by atoms with Gasteiger partial charge in [-0.2, -0.15) is 10.4 Å². The predicted molar refractivity (Wildman–Crippen MR) is 102 cm³/mol. The summed E-state index contributed by atoms with van der Waals surface area (Å²) in [5, 5.41) is 19.3. The molecule has 0 saturated heterocycles. The molecule has 0 bridgehead atoms. The number of hydrogen-bond acceptors (Lipinski definition) is 5. The molecule has 142 valence electrons. The summed E-state index contributed by atoms with van der Waals surface area (Å²) in [5.74, 6) is 0.868. The van der Waals surface area contributed by atoms with E-state index >= 15 is 0 Å². The Kier molecular flexibility index (Phi) is 6.20. The second-order valence-electron chi connectivity index (χ2n) is 6.64. The molecule has 8 heteroatoms. The van der Waals surface area contributed by atoms with Gasteiger partial charge in [-0.15, -0.1) is 0 Å². The number of halogens is 1. The van der Waals surface area contributed by atoms with Crippen LogP contribution in [0, 0.1) is 17.2 Å². The molecule has 0 unspecified atom stereocenters. The van der Waals surface area contributed by atoms with Crippen LogP contribution in [0.15, 0.2) is 18.2 Å². The van der Waals surface area contributed by atoms with E-state index in [0.29, 0.717) is 30.2 Å². The van der Waals surface area contributed by atoms with Crippen LogP contribution >= 0.6 is 11.6 Å². The average molecular weight is 388 g/mol. The number of aromatic nitrogens is 2. The van der Waals surface area contributed by atoms with Gasteiger partial charge in [0.1, 0.15) is 24.0 Å². The third-order valence-corrected chi connectivity index (χ3v) is 4.92. The lowest BCUT2D eigenvalue weighted by Crippen LogP contribution is -2.37. The summed E-state index contributed by atoms with van der Waals surface area (Å²) < 4.78 is 5.66. The van der Waals surface area contributed by atoms with Crippen LogP contribution in [-0.4, -0.2) is 29.3 Å². The average Bonchev–Trinajstić information content (AvgIpc) is 3.03. The molecule has 1 atom stereocenters. The summed E-state index contributed by atoms with van der Waals surface area (Å²) in [4.78, 5) is 12.3. The molecular formula is C19H22ClN5O2. The normalized spacial score (nSPS) is 15.5. The lowest BCUT2D eigenvalue weighted by atomic mass is 9.96. The number of fused-ring (bicyclic) bond motifs is 1. The van der Waals surface area contributed by atoms with E-state index in [-0.39, 0.29) is 17.6 Å². The second-order valence-corrected chi connectivity index (χ2v) is 7.08. The Bertz CT molecular complexity index is 858. The molecule has 0 aliphatic carbocycles. The third kappa shape index (κ3) is 4.72. The number of amides is 1. The van der Waals surface area contributed by atoms with Crippen molar-refractivity contribution in [3.8, 4) is 11.8 Å². The van der Waals surface area contributed by atoms with E-state index in [0.717, 1.165) is 42.7 Å². The van der Waals surface area contributed by atoms with Crippen molar-refractivity contribution in [2.24, 2.45) is 5.92 Å². The molecule has 1 amide bonds. The SMILES string of the molecule is N#Cc1c(N)n[nH]c1CCCCCNC(=O)[C@@H]1COc2ccc(Cl)cc2C1. The molecule has 7 nitrogen and oxygen atoms in total. The van der Waals surface area contributed by atoms with E-state index in [4.69, 9.17) is 27.3 Å². The van der Waals surface area contributed by atoms with Gasteiger partial charge in [0.15, 0.2) is 5.82 Å². The minimum Gasteiger partial charge on any atom is -0.492 e. The fourth-order valence-corrected chi connectivity index (χ4v) is 3.39. The molecule has 0 radical (unpaired) electrons. The third-order valence-electron chi connectivity index (χ3n) is 4.68. The zero-order valence-electron chi connectivity index (χ0n) is 14.9. The van der Waals surface area contributed by atoms with Gasteiger partial charge in [0.2, 0.25) is 5.91 Å². The van der Waals surface area contributed by atoms with E-state index in [1.165, 1.54) is 0 Å². The molecule has 1 aromatic carbocycles. The van der Waals surface area contributed by atoms with Crippen LogP contribution < -0.4 is 15.8 Å². The standard InChI is InChI=1S/C19H22ClN5O2/c20-14-5-6-17-12(9-14)8-13(11-27-17)19(26)23-7-3-1-2-4-16-15(10-21)18(22)25-24-16/h5-6,9,13H,1-4,7-8,11H2,(H,23,26)(H3,22,24,25)/t13-/m0/s1. The van der Waals surface area contributed by atoms with Crippen molar-refractivity contribution < 1.29 is 9.53 Å². The van der Waals surface area contributed by atoms with Gasteiger partial charge >= 0.3 is 0 Å². The molecule has 2 heterocycles. The van der Waals surface area contributed by atoms with Gasteiger partial charge in [-0.25, -0.2) is 0 Å². The maximum Gasteiger partial charge on any atom is 0.226 e. The van der Waals surface area contributed by atoms with Gasteiger partial charge in [0, 0.05) is 11.6 Å². The molecule has 4 N–H and O–H groups in total. The topological polar surface area (TPSA) is 117 Å². The highest BCUT2D eigenvalue weighted by atomic mass is 35.5. The smallest absolute Gasteiger partial charge is 0.226 e. The minimum atomic E-state index is -0.192. The molecule has 27 heavy (non-hydrogen) atoms. The summed E-state index contributed by atoms with van der Waals surface area (Å²) in [6.07, 6.45) is 4.05. The highest BCUT2D eigenvalue weighted by molar-refractivity contribution is 6.30. The van der Waals surface area contributed by atoms with Crippen molar-refractivity contribution in [2.45, 2.75) is 32.1 Å². The van der Waals surface area contributed by atoms with Crippen LogP contribution in [0.5, 0.6) is 5.75 Å². The number of carbonyl (C=O) groups is 1. The zero-order chi connectivity index (χ0) is 19.2. The number of nitrogens with zero attached hydrogens (tertiary/aromatic N) is 2. The van der Waals surface area contributed by atoms with Crippen LogP contribution in [0.3, 0.4) is 0 Å². The number of H-pyrrole nitrogens is 1. The van der Waals surface area contributed by atoms with Crippen LogP contribution in [-0.2, 0) is 17.6 Å². The summed E-state index contributed by atoms with van der Waals surface area (Å²) in [7, 11) is 0. The van der Waals surface area contributed by atoms with Crippen molar-refractivity contribution in [1.29, 1.82) is 5.26 Å². The number of rotatable bonds is 7. The van der Waals surface area contributed by atoms with Crippen molar-refractivity contribution >= 4 is 23.3 Å². The fraction of sp³-hybridized carbons (Fsp3) is 0.421. The molecular weight excluding hydrogens is 366 g/mol. The number of anilines is 1. The molecule has 1 aliphatic rings. The zero-order valence-corrected chi connectivity index (χ0v) is 15.7. The highest BCUT2D eigenvalue weighted by Gasteiger charge is 2.25. The number of nitriles is 1. The van der Waals surface area contributed by atoms with Crippen LogP contribution in [0.1, 0.15) is 36.1 Å². The first kappa shape index (κ1) is 19.1. The predicted octanol–water partition coefficient (Wildman–Crippen LogP) is 2.60. The van der Waals surface area contributed by atoms with Crippen LogP contribution in [0.25, 0.3) is 0 Å². The molecule has 0 saturated carbocycles. The first-order valence-electron chi connectivity index (χ1n) is 9.00. The van der Waals surface area contributed by atoms with Crippen LogP contribution in [0.2, 0.25) is 5.02 Å². The maximum absolute atomic E-state index is 12.3. The number of ether oxygens (including phenoxy) is 1. The number of nitrogens with two attached hydrogens (primary N) is 1. The van der Waals surface area contributed by atoms with Crippen molar-refractivity contribution in [3.05, 3.63) is 40.0 Å². The number of aromatic amines is 1. The van der Waals surface area contributed by atoms with Gasteiger partial charge < -0.3 is 15.8 Å². The van der Waals surface area contributed by atoms with Crippen molar-refractivity contribution in [2.75, 3.05) is 18.9 Å². The molecule has 2 aromatic rings. The molecule has 1 aromatic heterocycles. The molecule has 1 aliphatic heterocycles. The summed E-state index contributed by atoms with van der Waals surface area (Å²) in [6.45, 7) is 1.01. The van der Waals surface area contributed by atoms with E-state index in [9.17, 15) is 4.79 Å². The Morgan fingerprint density at radius 2 is 2.30 bits per heavy atom. The number of carbonyl (C=O) groups excluding carboxylic acids is 1.